The molecule has 0 bridgehead atoms. The fourth-order valence-electron chi connectivity index (χ4n) is 5.91. The third kappa shape index (κ3) is 4.86. The minimum absolute atomic E-state index is 0.0667. The van der Waals surface area contributed by atoms with Gasteiger partial charge in [-0.15, -0.1) is 0 Å². The Morgan fingerprint density at radius 1 is 0.705 bits per heavy atom. The molecule has 0 spiro atoms. The molecule has 4 nitrogen and oxygen atoms in total. The van der Waals surface area contributed by atoms with Crippen LogP contribution >= 0.6 is 0 Å². The van der Waals surface area contributed by atoms with E-state index in [0.29, 0.717) is 22.0 Å². The third-order valence-corrected chi connectivity index (χ3v) is 7.91. The molecule has 0 saturated carbocycles. The second kappa shape index (κ2) is 11.3. The highest BCUT2D eigenvalue weighted by Crippen LogP contribution is 2.47. The number of aromatic nitrogens is 1. The summed E-state index contributed by atoms with van der Waals surface area (Å²) in [6.07, 6.45) is 0.959. The van der Waals surface area contributed by atoms with E-state index in [1.54, 1.807) is 35.4 Å². The highest BCUT2D eigenvalue weighted by atomic mass is 19.1. The van der Waals surface area contributed by atoms with Gasteiger partial charge in [-0.05, 0) is 52.6 Å². The Kier molecular flexibility index (Phi) is 7.06. The van der Waals surface area contributed by atoms with Crippen LogP contribution < -0.4 is 4.74 Å². The van der Waals surface area contributed by atoms with Gasteiger partial charge in [0.2, 0.25) is 0 Å². The van der Waals surface area contributed by atoms with Crippen LogP contribution in [0.5, 0.6) is 5.75 Å². The van der Waals surface area contributed by atoms with Crippen molar-refractivity contribution in [3.05, 3.63) is 167 Å². The van der Waals surface area contributed by atoms with Gasteiger partial charge >= 0.3 is 0 Å². The minimum Gasteiger partial charge on any atom is -0.478 e. The highest BCUT2D eigenvalue weighted by Gasteiger charge is 2.38. The van der Waals surface area contributed by atoms with Crippen molar-refractivity contribution in [1.82, 2.24) is 9.88 Å². The van der Waals surface area contributed by atoms with Gasteiger partial charge < -0.3 is 9.64 Å². The van der Waals surface area contributed by atoms with Gasteiger partial charge in [0.15, 0.2) is 5.75 Å². The number of ether oxygens (including phenoxy) is 1. The van der Waals surface area contributed by atoms with Crippen molar-refractivity contribution in [2.75, 3.05) is 0 Å². The molecule has 0 atom stereocenters. The summed E-state index contributed by atoms with van der Waals surface area (Å²) in [5, 5.41) is 0.460. The number of amides is 1. The number of carbonyl (C=O) groups is 1. The summed E-state index contributed by atoms with van der Waals surface area (Å²) < 4.78 is 51.4. The monoisotopic (exact) mass is 586 g/mol. The maximum absolute atomic E-state index is 15.4. The molecule has 0 unspecified atom stereocenters. The Balaban J connectivity index is 1.47. The lowest BCUT2D eigenvalue weighted by Crippen LogP contribution is -2.23. The number of nitrogens with zero attached hydrogens (tertiary/aromatic N) is 2. The average molecular weight is 587 g/mol. The molecular weight excluding hydrogens is 561 g/mol. The van der Waals surface area contributed by atoms with E-state index < -0.39 is 17.7 Å². The summed E-state index contributed by atoms with van der Waals surface area (Å²) in [6, 6.07) is 32.3. The van der Waals surface area contributed by atoms with Crippen molar-refractivity contribution in [2.45, 2.75) is 19.2 Å². The van der Waals surface area contributed by atoms with E-state index in [1.165, 1.54) is 30.3 Å². The Labute approximate surface area is 252 Å². The Bertz CT molecular complexity index is 1940. The van der Waals surface area contributed by atoms with Gasteiger partial charge in [-0.2, -0.15) is 0 Å². The van der Waals surface area contributed by atoms with Gasteiger partial charge in [0.05, 0.1) is 11.1 Å². The van der Waals surface area contributed by atoms with Crippen LogP contribution in [0.15, 0.2) is 121 Å². The number of carbonyl (C=O) groups excluding carboxylic acids is 1. The van der Waals surface area contributed by atoms with Crippen molar-refractivity contribution < 1.29 is 22.7 Å². The summed E-state index contributed by atoms with van der Waals surface area (Å²) in [5.74, 6) is -2.02. The van der Waals surface area contributed by atoms with Crippen molar-refractivity contribution in [1.29, 1.82) is 0 Å². The number of hydrogen-bond donors (Lipinski definition) is 0. The van der Waals surface area contributed by atoms with Crippen LogP contribution in [-0.4, -0.2) is 15.8 Å². The number of hydrogen-bond acceptors (Lipinski definition) is 3. The second-order valence-electron chi connectivity index (χ2n) is 10.7. The zero-order valence-electron chi connectivity index (χ0n) is 23.4. The van der Waals surface area contributed by atoms with Crippen LogP contribution in [0, 0.1) is 17.5 Å². The van der Waals surface area contributed by atoms with Crippen LogP contribution in [0.25, 0.3) is 22.0 Å². The summed E-state index contributed by atoms with van der Waals surface area (Å²) in [5.41, 5.74) is 3.41. The molecule has 6 aromatic rings. The lowest BCUT2D eigenvalue weighted by Gasteiger charge is -2.24. The van der Waals surface area contributed by atoms with Crippen LogP contribution in [0.4, 0.5) is 13.2 Å². The molecule has 1 aliphatic heterocycles. The van der Waals surface area contributed by atoms with Crippen LogP contribution in [0.2, 0.25) is 0 Å². The molecular formula is C37H25F3N2O2. The average Bonchev–Trinajstić information content (AvgIpc) is 3.37. The number of pyridine rings is 1. The first-order chi connectivity index (χ1) is 21.5. The predicted octanol–water partition coefficient (Wildman–Crippen LogP) is 8.64. The van der Waals surface area contributed by atoms with Crippen molar-refractivity contribution in [3.63, 3.8) is 0 Å². The molecule has 0 radical (unpaired) electrons. The first kappa shape index (κ1) is 27.4. The molecule has 0 saturated heterocycles. The smallest absolute Gasteiger partial charge is 0.258 e. The standard InChI is InChI=1S/C37H25F3N2O2/c38-26-18-16-23(17-19-26)21-42-22-28-31(33-29(39)14-7-15-30(33)40)27-13-8-20-41-34(27)36(32(28)37(42)43)44-35(24-9-3-1-4-10-24)25-11-5-2-6-12-25/h1-20,35H,21-22H2. The SMILES string of the molecule is O=C1c2c(c(-c3c(F)cccc3F)c3cccnc3c2OC(c2ccccc2)c2ccccc2)CN1Cc1ccc(F)cc1. The van der Waals surface area contributed by atoms with Gasteiger partial charge in [0.1, 0.15) is 29.1 Å². The van der Waals surface area contributed by atoms with E-state index in [0.717, 1.165) is 11.1 Å². The summed E-state index contributed by atoms with van der Waals surface area (Å²) in [6.45, 7) is 0.230. The molecule has 0 aliphatic carbocycles. The first-order valence-corrected chi connectivity index (χ1v) is 14.2. The number of halogens is 3. The Morgan fingerprint density at radius 3 is 1.98 bits per heavy atom. The summed E-state index contributed by atoms with van der Waals surface area (Å²) >= 11 is 0. The van der Waals surface area contributed by atoms with E-state index in [2.05, 4.69) is 4.98 Å². The van der Waals surface area contributed by atoms with Gasteiger partial charge in [-0.1, -0.05) is 84.9 Å². The predicted molar refractivity (Wildman–Crippen MR) is 162 cm³/mol. The van der Waals surface area contributed by atoms with E-state index in [1.807, 2.05) is 60.7 Å². The topological polar surface area (TPSA) is 42.4 Å². The molecule has 1 aromatic heterocycles. The van der Waals surface area contributed by atoms with Crippen LogP contribution in [0.1, 0.15) is 38.7 Å². The van der Waals surface area contributed by atoms with E-state index in [-0.39, 0.29) is 47.3 Å². The van der Waals surface area contributed by atoms with Gasteiger partial charge in [-0.25, -0.2) is 13.2 Å². The largest absolute Gasteiger partial charge is 0.478 e. The molecule has 1 aliphatic rings. The number of benzene rings is 5. The Morgan fingerprint density at radius 2 is 1.34 bits per heavy atom. The number of rotatable bonds is 7. The lowest BCUT2D eigenvalue weighted by atomic mass is 9.90. The molecule has 2 heterocycles. The Hall–Kier alpha value is -5.43. The van der Waals surface area contributed by atoms with Gasteiger partial charge in [0.25, 0.3) is 5.91 Å². The van der Waals surface area contributed by atoms with Crippen molar-refractivity contribution in [2.24, 2.45) is 0 Å². The fraction of sp³-hybridized carbons (Fsp3) is 0.0811. The van der Waals surface area contributed by atoms with Crippen molar-refractivity contribution in [3.8, 4) is 16.9 Å². The van der Waals surface area contributed by atoms with Gasteiger partial charge in [0, 0.05) is 30.2 Å². The first-order valence-electron chi connectivity index (χ1n) is 14.2. The van der Waals surface area contributed by atoms with Crippen LogP contribution in [0.3, 0.4) is 0 Å². The third-order valence-electron chi connectivity index (χ3n) is 7.91. The fourth-order valence-corrected chi connectivity index (χ4v) is 5.91. The van der Waals surface area contributed by atoms with Crippen molar-refractivity contribution >= 4 is 16.8 Å². The molecule has 44 heavy (non-hydrogen) atoms. The second-order valence-corrected chi connectivity index (χ2v) is 10.7. The summed E-state index contributed by atoms with van der Waals surface area (Å²) in [7, 11) is 0. The zero-order chi connectivity index (χ0) is 30.2. The molecule has 7 rings (SSSR count). The quantitative estimate of drug-likeness (QED) is 0.188. The molecule has 0 N–H and O–H groups in total. The maximum Gasteiger partial charge on any atom is 0.258 e. The maximum atomic E-state index is 15.4. The highest BCUT2D eigenvalue weighted by molar-refractivity contribution is 6.12. The molecule has 7 heteroatoms. The molecule has 0 fully saturated rings. The molecule has 1 amide bonds. The normalized spacial score (nSPS) is 12.6. The molecule has 216 valence electrons. The van der Waals surface area contributed by atoms with E-state index in [9.17, 15) is 9.18 Å². The zero-order valence-corrected chi connectivity index (χ0v) is 23.4. The summed E-state index contributed by atoms with van der Waals surface area (Å²) in [4.78, 5) is 20.5. The lowest BCUT2D eigenvalue weighted by molar-refractivity contribution is 0.0762. The van der Waals surface area contributed by atoms with E-state index in [4.69, 9.17) is 4.74 Å². The minimum atomic E-state index is -0.748. The number of fused-ring (bicyclic) bond motifs is 2. The van der Waals surface area contributed by atoms with Gasteiger partial charge in [-0.3, -0.25) is 9.78 Å². The van der Waals surface area contributed by atoms with Crippen LogP contribution in [-0.2, 0) is 13.1 Å². The van der Waals surface area contributed by atoms with E-state index >= 15 is 8.78 Å². The molecule has 5 aromatic carbocycles.